The number of aliphatic hydroxyl groups is 1. The van der Waals surface area contributed by atoms with Crippen LogP contribution in [0.2, 0.25) is 0 Å². The van der Waals surface area contributed by atoms with Crippen molar-refractivity contribution in [2.24, 2.45) is 11.8 Å². The van der Waals surface area contributed by atoms with Crippen LogP contribution in [0.25, 0.3) is 30.9 Å². The molecule has 0 bridgehead atoms. The zero-order valence-electron chi connectivity index (χ0n) is 29.6. The summed E-state index contributed by atoms with van der Waals surface area (Å²) in [6.07, 6.45) is 6.36. The fourth-order valence-electron chi connectivity index (χ4n) is 6.87. The van der Waals surface area contributed by atoms with Gasteiger partial charge in [-0.05, 0) is 68.4 Å². The van der Waals surface area contributed by atoms with Gasteiger partial charge in [0, 0.05) is 22.8 Å². The maximum Gasteiger partial charge on any atom is 0.407 e. The molecule has 13 nitrogen and oxygen atoms in total. The lowest BCUT2D eigenvalue weighted by molar-refractivity contribution is -0.136. The van der Waals surface area contributed by atoms with E-state index < -0.39 is 18.2 Å². The average Bonchev–Trinajstić information content (AvgIpc) is 3.93. The van der Waals surface area contributed by atoms with Gasteiger partial charge in [-0.3, -0.25) is 9.59 Å². The van der Waals surface area contributed by atoms with Crippen molar-refractivity contribution >= 4 is 40.6 Å². The predicted octanol–water partition coefficient (Wildman–Crippen LogP) is 6.61. The van der Waals surface area contributed by atoms with Gasteiger partial charge in [0.05, 0.1) is 52.7 Å². The second-order valence-corrected chi connectivity index (χ2v) is 15.9. The zero-order chi connectivity index (χ0) is 36.4. The van der Waals surface area contributed by atoms with E-state index in [1.807, 2.05) is 49.9 Å². The Morgan fingerprint density at radius 1 is 0.804 bits per heavy atom. The van der Waals surface area contributed by atoms with Gasteiger partial charge < -0.3 is 40.2 Å². The summed E-state index contributed by atoms with van der Waals surface area (Å²) in [5, 5.41) is 15.2. The molecule has 272 valence electrons. The fourth-order valence-corrected chi connectivity index (χ4v) is 8.90. The second-order valence-electron chi connectivity index (χ2n) is 13.7. The molecule has 4 aromatic rings. The highest BCUT2D eigenvalue weighted by Crippen LogP contribution is 2.41. The molecular weight excluding hydrogens is 689 g/mol. The SMILES string of the molecule is C=C(O)N[C@H](C(=O)N1CCC[C@H]1c1ncc(-c2ccc(-c3ccc(-c4cnc([C@@H]5CCCN5C(=O)[C@@H](NC(=O)OC)C(C)C)[nH]4)s3)s2)[nH]1)C(C)C. The summed E-state index contributed by atoms with van der Waals surface area (Å²) in [6.45, 7) is 12.4. The Bertz CT molecular complexity index is 1870. The second kappa shape index (κ2) is 15.3. The van der Waals surface area contributed by atoms with Gasteiger partial charge in [0.25, 0.3) is 0 Å². The van der Waals surface area contributed by atoms with Gasteiger partial charge in [-0.25, -0.2) is 14.8 Å². The van der Waals surface area contributed by atoms with Crippen molar-refractivity contribution in [3.05, 3.63) is 60.8 Å². The van der Waals surface area contributed by atoms with E-state index in [0.717, 1.165) is 68.2 Å². The first-order valence-electron chi connectivity index (χ1n) is 17.4. The van der Waals surface area contributed by atoms with Gasteiger partial charge in [0.2, 0.25) is 11.8 Å². The van der Waals surface area contributed by atoms with Gasteiger partial charge in [-0.1, -0.05) is 27.7 Å². The first-order valence-corrected chi connectivity index (χ1v) is 19.0. The summed E-state index contributed by atoms with van der Waals surface area (Å²) in [5.74, 6) is 0.943. The van der Waals surface area contributed by atoms with E-state index >= 15 is 0 Å². The molecule has 15 heteroatoms. The Morgan fingerprint density at radius 2 is 1.24 bits per heavy atom. The van der Waals surface area contributed by atoms with E-state index in [1.54, 1.807) is 22.7 Å². The number of imidazole rings is 2. The highest BCUT2D eigenvalue weighted by Gasteiger charge is 2.38. The molecule has 51 heavy (non-hydrogen) atoms. The number of nitrogens with zero attached hydrogens (tertiary/aromatic N) is 4. The minimum absolute atomic E-state index is 0.0263. The van der Waals surface area contributed by atoms with E-state index in [4.69, 9.17) is 9.72 Å². The monoisotopic (exact) mass is 734 g/mol. The van der Waals surface area contributed by atoms with E-state index in [0.29, 0.717) is 13.1 Å². The number of hydrogen-bond acceptors (Lipinski definition) is 10. The minimum atomic E-state index is -0.684. The number of carbonyl (C=O) groups excluding carboxylic acids is 3. The van der Waals surface area contributed by atoms with Crippen LogP contribution in [0.15, 0.2) is 49.1 Å². The Balaban J connectivity index is 1.13. The summed E-state index contributed by atoms with van der Waals surface area (Å²) in [7, 11) is 1.29. The van der Waals surface area contributed by atoms with Crippen LogP contribution in [-0.2, 0) is 14.3 Å². The Hall–Kier alpha value is -4.63. The molecule has 0 spiro atoms. The third-order valence-electron chi connectivity index (χ3n) is 9.53. The fraction of sp³-hybridized carbons (Fsp3) is 0.472. The number of methoxy groups -OCH3 is 1. The predicted molar refractivity (Wildman–Crippen MR) is 198 cm³/mol. The molecule has 4 atom stereocenters. The molecule has 4 aromatic heterocycles. The van der Waals surface area contributed by atoms with Crippen LogP contribution in [0.4, 0.5) is 4.79 Å². The van der Waals surface area contributed by atoms with Crippen LogP contribution >= 0.6 is 22.7 Å². The molecule has 5 N–H and O–H groups in total. The summed E-state index contributed by atoms with van der Waals surface area (Å²) in [4.78, 5) is 63.3. The molecule has 0 saturated carbocycles. The average molecular weight is 735 g/mol. The Kier molecular flexibility index (Phi) is 10.9. The molecular formula is C36H46N8O5S2. The number of aliphatic hydroxyl groups excluding tert-OH is 1. The molecule has 2 aliphatic rings. The van der Waals surface area contributed by atoms with Crippen LogP contribution in [0, 0.1) is 11.8 Å². The minimum Gasteiger partial charge on any atom is -0.495 e. The highest BCUT2D eigenvalue weighted by molar-refractivity contribution is 7.25. The van der Waals surface area contributed by atoms with Crippen molar-refractivity contribution in [2.75, 3.05) is 20.2 Å². The molecule has 2 saturated heterocycles. The van der Waals surface area contributed by atoms with Gasteiger partial charge in [-0.2, -0.15) is 0 Å². The topological polar surface area (TPSA) is 169 Å². The lowest BCUT2D eigenvalue weighted by Crippen LogP contribution is -2.51. The molecule has 2 aliphatic heterocycles. The van der Waals surface area contributed by atoms with Crippen LogP contribution in [0.3, 0.4) is 0 Å². The largest absolute Gasteiger partial charge is 0.495 e. The molecule has 0 unspecified atom stereocenters. The van der Waals surface area contributed by atoms with Crippen molar-refractivity contribution in [1.29, 1.82) is 0 Å². The number of aromatic amines is 2. The normalized spacial score (nSPS) is 18.7. The van der Waals surface area contributed by atoms with Crippen LogP contribution in [-0.4, -0.2) is 85.0 Å². The molecule has 0 aromatic carbocycles. The van der Waals surface area contributed by atoms with Crippen molar-refractivity contribution in [3.63, 3.8) is 0 Å². The lowest BCUT2D eigenvalue weighted by atomic mass is 10.0. The number of thiophene rings is 2. The molecule has 6 rings (SSSR count). The number of likely N-dealkylation sites (tertiary alicyclic amines) is 2. The van der Waals surface area contributed by atoms with Gasteiger partial charge in [0.1, 0.15) is 23.7 Å². The first kappa shape index (κ1) is 36.2. The van der Waals surface area contributed by atoms with Crippen molar-refractivity contribution in [2.45, 2.75) is 77.5 Å². The summed E-state index contributed by atoms with van der Waals surface area (Å²) >= 11 is 3.33. The van der Waals surface area contributed by atoms with Crippen molar-refractivity contribution in [3.8, 4) is 30.9 Å². The molecule has 2 fully saturated rings. The standard InChI is InChI=1S/C36H46N8O5S2/c1-19(2)30(39-21(5)45)34(46)43-15-7-9-24(43)32-37-17-22(40-32)26-11-13-28(50-26)29-14-12-27(51-29)23-18-38-33(41-23)25-10-8-16-44(25)35(47)31(20(3)4)42-36(48)49-6/h11-14,17-20,24-25,30-31,39,45H,5,7-10,15-16H2,1-4,6H3,(H,37,40)(H,38,41)(H,42,48)/t24-,25-,30-,31-/m0/s1. The smallest absolute Gasteiger partial charge is 0.407 e. The quantitative estimate of drug-likeness (QED) is 0.101. The number of rotatable bonds is 12. The van der Waals surface area contributed by atoms with Crippen LogP contribution in [0.1, 0.15) is 77.1 Å². The maximum atomic E-state index is 13.5. The summed E-state index contributed by atoms with van der Waals surface area (Å²) in [5.41, 5.74) is 1.78. The highest BCUT2D eigenvalue weighted by atomic mass is 32.1. The molecule has 6 heterocycles. The Morgan fingerprint density at radius 3 is 1.65 bits per heavy atom. The number of H-pyrrole nitrogens is 2. The van der Waals surface area contributed by atoms with Crippen molar-refractivity contribution < 1.29 is 24.2 Å². The molecule has 0 aliphatic carbocycles. The number of alkyl carbamates (subject to hydrolysis) is 1. The summed E-state index contributed by atoms with van der Waals surface area (Å²) in [6, 6.07) is 6.76. The van der Waals surface area contributed by atoms with Crippen molar-refractivity contribution in [1.82, 2.24) is 40.4 Å². The number of ether oxygens (including phenoxy) is 1. The van der Waals surface area contributed by atoms with E-state index in [2.05, 4.69) is 56.4 Å². The van der Waals surface area contributed by atoms with Crippen LogP contribution in [0.5, 0.6) is 0 Å². The number of carbonyl (C=O) groups is 3. The van der Waals surface area contributed by atoms with Gasteiger partial charge in [-0.15, -0.1) is 22.7 Å². The van der Waals surface area contributed by atoms with E-state index in [1.165, 1.54) is 7.11 Å². The maximum absolute atomic E-state index is 13.5. The number of aromatic nitrogens is 4. The van der Waals surface area contributed by atoms with E-state index in [-0.39, 0.29) is 41.6 Å². The number of nitrogens with one attached hydrogen (secondary N) is 4. The first-order chi connectivity index (χ1) is 24.4. The van der Waals surface area contributed by atoms with Gasteiger partial charge in [0.15, 0.2) is 5.88 Å². The molecule has 0 radical (unpaired) electrons. The third-order valence-corrected chi connectivity index (χ3v) is 12.0. The number of hydrogen-bond donors (Lipinski definition) is 5. The Labute approximate surface area is 305 Å². The number of amides is 3. The van der Waals surface area contributed by atoms with Gasteiger partial charge >= 0.3 is 6.09 Å². The summed E-state index contributed by atoms with van der Waals surface area (Å²) < 4.78 is 4.75. The lowest BCUT2D eigenvalue weighted by Gasteiger charge is -2.30. The molecule has 3 amide bonds. The third kappa shape index (κ3) is 7.69. The zero-order valence-corrected chi connectivity index (χ0v) is 31.2. The van der Waals surface area contributed by atoms with E-state index in [9.17, 15) is 19.5 Å². The van der Waals surface area contributed by atoms with Crippen LogP contribution < -0.4 is 10.6 Å².